The molecule has 2 rings (SSSR count). The Morgan fingerprint density at radius 2 is 1.84 bits per heavy atom. The monoisotopic (exact) mass is 298 g/mol. The van der Waals surface area contributed by atoms with Crippen LogP contribution in [0.25, 0.3) is 0 Å². The molecule has 2 heterocycles. The SMILES string of the molecule is COC(OC)[C@@H]1OC(C)(C)O[C@H]1[C@H]1COS(=O)(=O)O1. The van der Waals surface area contributed by atoms with E-state index in [-0.39, 0.29) is 6.61 Å². The van der Waals surface area contributed by atoms with Crippen LogP contribution < -0.4 is 0 Å². The summed E-state index contributed by atoms with van der Waals surface area (Å²) in [5.74, 6) is -0.889. The summed E-state index contributed by atoms with van der Waals surface area (Å²) in [5, 5.41) is 0. The zero-order chi connectivity index (χ0) is 14.3. The maximum Gasteiger partial charge on any atom is 0.400 e. The highest BCUT2D eigenvalue weighted by Crippen LogP contribution is 2.35. The van der Waals surface area contributed by atoms with Gasteiger partial charge in [0.25, 0.3) is 0 Å². The Morgan fingerprint density at radius 1 is 1.21 bits per heavy atom. The van der Waals surface area contributed by atoms with Crippen LogP contribution in [-0.4, -0.2) is 59.6 Å². The van der Waals surface area contributed by atoms with Gasteiger partial charge in [-0.1, -0.05) is 0 Å². The minimum absolute atomic E-state index is 0.122. The average Bonchev–Trinajstić information content (AvgIpc) is 2.81. The lowest BCUT2D eigenvalue weighted by Crippen LogP contribution is -2.44. The zero-order valence-corrected chi connectivity index (χ0v) is 12.0. The van der Waals surface area contributed by atoms with Gasteiger partial charge in [-0.25, -0.2) is 8.37 Å². The molecule has 0 N–H and O–H groups in total. The van der Waals surface area contributed by atoms with Gasteiger partial charge in [0.2, 0.25) is 0 Å². The van der Waals surface area contributed by atoms with E-state index in [4.69, 9.17) is 23.1 Å². The van der Waals surface area contributed by atoms with Crippen LogP contribution in [0.15, 0.2) is 0 Å². The number of hydrogen-bond donors (Lipinski definition) is 0. The summed E-state index contributed by atoms with van der Waals surface area (Å²) in [7, 11) is -1.03. The van der Waals surface area contributed by atoms with Crippen molar-refractivity contribution in [3.05, 3.63) is 0 Å². The Morgan fingerprint density at radius 3 is 2.32 bits per heavy atom. The van der Waals surface area contributed by atoms with E-state index >= 15 is 0 Å². The zero-order valence-electron chi connectivity index (χ0n) is 11.2. The molecule has 0 aromatic heterocycles. The van der Waals surface area contributed by atoms with Crippen molar-refractivity contribution >= 4 is 10.4 Å². The predicted octanol–water partition coefficient (Wildman–Crippen LogP) is -0.214. The van der Waals surface area contributed by atoms with Gasteiger partial charge in [0.15, 0.2) is 12.1 Å². The lowest BCUT2D eigenvalue weighted by Gasteiger charge is -2.25. The number of hydrogen-bond acceptors (Lipinski definition) is 8. The fourth-order valence-electron chi connectivity index (χ4n) is 2.19. The van der Waals surface area contributed by atoms with Crippen molar-refractivity contribution in [2.45, 2.75) is 44.2 Å². The second-order valence-electron chi connectivity index (χ2n) is 4.73. The average molecular weight is 298 g/mol. The maximum absolute atomic E-state index is 11.2. The molecule has 3 atom stereocenters. The molecule has 8 nitrogen and oxygen atoms in total. The fraction of sp³-hybridized carbons (Fsp3) is 1.00. The topological polar surface area (TPSA) is 89.5 Å². The van der Waals surface area contributed by atoms with Gasteiger partial charge in [-0.2, -0.15) is 8.42 Å². The molecule has 0 radical (unpaired) electrons. The first-order chi connectivity index (χ1) is 8.78. The van der Waals surface area contributed by atoms with Gasteiger partial charge in [0.05, 0.1) is 6.61 Å². The van der Waals surface area contributed by atoms with Gasteiger partial charge in [-0.15, -0.1) is 0 Å². The molecule has 0 unspecified atom stereocenters. The molecule has 2 saturated heterocycles. The Balaban J connectivity index is 2.17. The van der Waals surface area contributed by atoms with Crippen molar-refractivity contribution < 1.29 is 35.7 Å². The molecule has 0 bridgehead atoms. The normalized spacial score (nSPS) is 37.0. The van der Waals surface area contributed by atoms with Crippen molar-refractivity contribution in [3.8, 4) is 0 Å². The molecule has 0 amide bonds. The van der Waals surface area contributed by atoms with E-state index in [0.29, 0.717) is 0 Å². The molecular formula is C10H18O8S. The molecule has 0 aliphatic carbocycles. The molecular weight excluding hydrogens is 280 g/mol. The third kappa shape index (κ3) is 3.24. The highest BCUT2D eigenvalue weighted by Gasteiger charge is 2.52. The summed E-state index contributed by atoms with van der Waals surface area (Å²) in [4.78, 5) is 0. The molecule has 2 aliphatic heterocycles. The van der Waals surface area contributed by atoms with Crippen molar-refractivity contribution in [3.63, 3.8) is 0 Å². The van der Waals surface area contributed by atoms with Gasteiger partial charge >= 0.3 is 10.4 Å². The minimum Gasteiger partial charge on any atom is -0.353 e. The van der Waals surface area contributed by atoms with E-state index in [9.17, 15) is 8.42 Å². The lowest BCUT2D eigenvalue weighted by molar-refractivity contribution is -0.202. The number of rotatable bonds is 4. The van der Waals surface area contributed by atoms with Crippen LogP contribution in [0.4, 0.5) is 0 Å². The van der Waals surface area contributed by atoms with Gasteiger partial charge in [-0.3, -0.25) is 0 Å². The van der Waals surface area contributed by atoms with Crippen molar-refractivity contribution in [2.75, 3.05) is 20.8 Å². The largest absolute Gasteiger partial charge is 0.400 e. The summed E-state index contributed by atoms with van der Waals surface area (Å²) >= 11 is 0. The standard InChI is InChI=1S/C10H18O8S/c1-10(2)16-7(6-5-15-19(11,12)18-6)8(17-10)9(13-3)14-4/h6-9H,5H2,1-4H3/t6-,7+,8-/m1/s1. The maximum atomic E-state index is 11.2. The second-order valence-corrected chi connectivity index (χ2v) is 5.98. The van der Waals surface area contributed by atoms with E-state index in [1.807, 2.05) is 0 Å². The van der Waals surface area contributed by atoms with Crippen LogP contribution in [0.5, 0.6) is 0 Å². The Labute approximate surface area is 112 Å². The van der Waals surface area contributed by atoms with Gasteiger partial charge in [0, 0.05) is 14.2 Å². The highest BCUT2D eigenvalue weighted by molar-refractivity contribution is 7.82. The van der Waals surface area contributed by atoms with E-state index in [1.54, 1.807) is 13.8 Å². The molecule has 9 heteroatoms. The number of methoxy groups -OCH3 is 2. The summed E-state index contributed by atoms with van der Waals surface area (Å²) in [6, 6.07) is 0. The van der Waals surface area contributed by atoms with Crippen LogP contribution in [-0.2, 0) is 37.7 Å². The first-order valence-corrected chi connectivity index (χ1v) is 7.10. The van der Waals surface area contributed by atoms with Crippen LogP contribution in [0.2, 0.25) is 0 Å². The lowest BCUT2D eigenvalue weighted by atomic mass is 10.1. The molecule has 0 saturated carbocycles. The quantitative estimate of drug-likeness (QED) is 0.658. The Bertz CT molecular complexity index is 415. The van der Waals surface area contributed by atoms with Gasteiger partial charge in [0.1, 0.15) is 18.3 Å². The van der Waals surface area contributed by atoms with E-state index in [2.05, 4.69) is 4.18 Å². The summed E-state index contributed by atoms with van der Waals surface area (Å²) < 4.78 is 53.4. The van der Waals surface area contributed by atoms with Crippen molar-refractivity contribution in [1.82, 2.24) is 0 Å². The summed E-state index contributed by atoms with van der Waals surface area (Å²) in [5.41, 5.74) is 0. The molecule has 0 spiro atoms. The predicted molar refractivity (Wildman–Crippen MR) is 61.4 cm³/mol. The first-order valence-electron chi connectivity index (χ1n) is 5.77. The van der Waals surface area contributed by atoms with Gasteiger partial charge < -0.3 is 18.9 Å². The van der Waals surface area contributed by atoms with Gasteiger partial charge in [-0.05, 0) is 13.8 Å². The van der Waals surface area contributed by atoms with E-state index < -0.39 is 40.8 Å². The van der Waals surface area contributed by atoms with Crippen LogP contribution in [0, 0.1) is 0 Å². The third-order valence-electron chi connectivity index (χ3n) is 2.88. The molecule has 0 aromatic carbocycles. The third-order valence-corrected chi connectivity index (χ3v) is 3.79. The highest BCUT2D eigenvalue weighted by atomic mass is 32.3. The van der Waals surface area contributed by atoms with Crippen LogP contribution in [0.3, 0.4) is 0 Å². The summed E-state index contributed by atoms with van der Waals surface area (Å²) in [6.45, 7) is 3.31. The van der Waals surface area contributed by atoms with E-state index in [1.165, 1.54) is 14.2 Å². The Hall–Kier alpha value is -0.290. The molecule has 0 aromatic rings. The molecule has 2 aliphatic rings. The van der Waals surface area contributed by atoms with E-state index in [0.717, 1.165) is 0 Å². The smallest absolute Gasteiger partial charge is 0.353 e. The molecule has 112 valence electrons. The van der Waals surface area contributed by atoms with Crippen LogP contribution >= 0.6 is 0 Å². The molecule has 2 fully saturated rings. The van der Waals surface area contributed by atoms with Crippen molar-refractivity contribution in [1.29, 1.82) is 0 Å². The van der Waals surface area contributed by atoms with Crippen LogP contribution in [0.1, 0.15) is 13.8 Å². The molecule has 19 heavy (non-hydrogen) atoms. The Kier molecular flexibility index (Phi) is 4.17. The van der Waals surface area contributed by atoms with Crippen molar-refractivity contribution in [2.24, 2.45) is 0 Å². The minimum atomic E-state index is -3.95. The number of ether oxygens (including phenoxy) is 4. The summed E-state index contributed by atoms with van der Waals surface area (Å²) in [6.07, 6.45) is -2.77. The first kappa shape index (κ1) is 15.1. The second kappa shape index (κ2) is 5.24. The fourth-order valence-corrected chi connectivity index (χ4v) is 3.01.